The lowest BCUT2D eigenvalue weighted by Crippen LogP contribution is -2.23. The van der Waals surface area contributed by atoms with Gasteiger partial charge in [-0.25, -0.2) is 4.68 Å². The number of nitrogens with one attached hydrogen (secondary N) is 1. The SMILES string of the molecule is Cc1ccc(C(=O)Nc2c(C)n(C)n(-c3ccccc3)c2=O)c(I)c1. The molecule has 0 saturated heterocycles. The number of hydrogen-bond donors (Lipinski definition) is 1. The molecule has 2 aromatic carbocycles. The smallest absolute Gasteiger partial charge is 0.295 e. The molecule has 0 aliphatic rings. The van der Waals surface area contributed by atoms with E-state index in [0.717, 1.165) is 14.8 Å². The zero-order valence-corrected chi connectivity index (χ0v) is 16.4. The molecule has 0 saturated carbocycles. The predicted molar refractivity (Wildman–Crippen MR) is 108 cm³/mol. The number of aromatic nitrogens is 2. The van der Waals surface area contributed by atoms with Gasteiger partial charge in [0.05, 0.1) is 16.9 Å². The van der Waals surface area contributed by atoms with Crippen molar-refractivity contribution in [3.63, 3.8) is 0 Å². The third-order valence-corrected chi connectivity index (χ3v) is 5.05. The number of anilines is 1. The van der Waals surface area contributed by atoms with Gasteiger partial charge < -0.3 is 5.32 Å². The Balaban J connectivity index is 2.02. The standard InChI is InChI=1S/C19H18IN3O2/c1-12-9-10-15(16(20)11-12)18(24)21-17-13(2)22(3)23(19(17)25)14-7-5-4-6-8-14/h4-11H,1-3H3,(H,21,24). The molecule has 0 radical (unpaired) electrons. The van der Waals surface area contributed by atoms with Crippen LogP contribution >= 0.6 is 22.6 Å². The predicted octanol–water partition coefficient (Wildman–Crippen LogP) is 3.65. The van der Waals surface area contributed by atoms with E-state index in [-0.39, 0.29) is 11.5 Å². The molecule has 3 aromatic rings. The number of benzene rings is 2. The van der Waals surface area contributed by atoms with Crippen LogP contribution < -0.4 is 10.9 Å². The Kier molecular flexibility index (Phi) is 4.80. The Labute approximate surface area is 159 Å². The van der Waals surface area contributed by atoms with Gasteiger partial charge in [0.15, 0.2) is 0 Å². The van der Waals surface area contributed by atoms with Crippen LogP contribution in [0.1, 0.15) is 21.6 Å². The molecule has 1 aromatic heterocycles. The average molecular weight is 447 g/mol. The molecule has 1 N–H and O–H groups in total. The molecule has 128 valence electrons. The van der Waals surface area contributed by atoms with Crippen LogP contribution in [0.3, 0.4) is 0 Å². The van der Waals surface area contributed by atoms with Gasteiger partial charge in [-0.3, -0.25) is 14.3 Å². The molecular weight excluding hydrogens is 429 g/mol. The fourth-order valence-corrected chi connectivity index (χ4v) is 3.61. The average Bonchev–Trinajstić information content (AvgIpc) is 2.79. The van der Waals surface area contributed by atoms with Crippen LogP contribution in [0.25, 0.3) is 5.69 Å². The van der Waals surface area contributed by atoms with E-state index in [1.165, 1.54) is 0 Å². The molecule has 0 spiro atoms. The van der Waals surface area contributed by atoms with Crippen LogP contribution in [0.15, 0.2) is 53.3 Å². The topological polar surface area (TPSA) is 56.0 Å². The minimum Gasteiger partial charge on any atom is -0.316 e. The zero-order chi connectivity index (χ0) is 18.1. The molecule has 5 nitrogen and oxygen atoms in total. The first-order chi connectivity index (χ1) is 11.9. The molecule has 25 heavy (non-hydrogen) atoms. The molecular formula is C19H18IN3O2. The lowest BCUT2D eigenvalue weighted by molar-refractivity contribution is 0.102. The van der Waals surface area contributed by atoms with E-state index in [9.17, 15) is 9.59 Å². The molecule has 0 aliphatic heterocycles. The van der Waals surface area contributed by atoms with Crippen molar-refractivity contribution >= 4 is 34.2 Å². The van der Waals surface area contributed by atoms with Gasteiger partial charge >= 0.3 is 0 Å². The second kappa shape index (κ2) is 6.87. The second-order valence-electron chi connectivity index (χ2n) is 5.87. The number of amides is 1. The van der Waals surface area contributed by atoms with Crippen molar-refractivity contribution in [2.75, 3.05) is 5.32 Å². The van der Waals surface area contributed by atoms with Crippen molar-refractivity contribution in [3.05, 3.63) is 79.3 Å². The summed E-state index contributed by atoms with van der Waals surface area (Å²) in [6.07, 6.45) is 0. The van der Waals surface area contributed by atoms with Crippen LogP contribution in [-0.4, -0.2) is 15.3 Å². The van der Waals surface area contributed by atoms with Crippen LogP contribution in [0.2, 0.25) is 0 Å². The number of rotatable bonds is 3. The third-order valence-electron chi connectivity index (χ3n) is 4.16. The number of para-hydroxylation sites is 1. The highest BCUT2D eigenvalue weighted by Gasteiger charge is 2.19. The van der Waals surface area contributed by atoms with Crippen molar-refractivity contribution in [1.29, 1.82) is 0 Å². The van der Waals surface area contributed by atoms with Crippen LogP contribution in [0.5, 0.6) is 0 Å². The first kappa shape index (κ1) is 17.5. The quantitative estimate of drug-likeness (QED) is 0.624. The summed E-state index contributed by atoms with van der Waals surface area (Å²) in [4.78, 5) is 25.5. The number of hydrogen-bond acceptors (Lipinski definition) is 2. The summed E-state index contributed by atoms with van der Waals surface area (Å²) in [7, 11) is 1.80. The van der Waals surface area contributed by atoms with E-state index < -0.39 is 0 Å². The van der Waals surface area contributed by atoms with Gasteiger partial charge in [-0.1, -0.05) is 29.8 Å². The first-order valence-corrected chi connectivity index (χ1v) is 8.89. The molecule has 1 amide bonds. The Bertz CT molecular complexity index is 1000. The van der Waals surface area contributed by atoms with E-state index in [2.05, 4.69) is 27.9 Å². The van der Waals surface area contributed by atoms with E-state index in [1.54, 1.807) is 22.5 Å². The summed E-state index contributed by atoms with van der Waals surface area (Å²) in [5, 5.41) is 2.79. The van der Waals surface area contributed by atoms with Gasteiger partial charge in [0.25, 0.3) is 11.5 Å². The molecule has 0 unspecified atom stereocenters. The van der Waals surface area contributed by atoms with E-state index in [1.807, 2.05) is 56.3 Å². The molecule has 1 heterocycles. The first-order valence-electron chi connectivity index (χ1n) is 7.81. The molecule has 0 aliphatic carbocycles. The molecule has 6 heteroatoms. The lowest BCUT2D eigenvalue weighted by atomic mass is 10.1. The monoisotopic (exact) mass is 447 g/mol. The van der Waals surface area contributed by atoms with Crippen LogP contribution in [-0.2, 0) is 7.05 Å². The fourth-order valence-electron chi connectivity index (χ4n) is 2.70. The fraction of sp³-hybridized carbons (Fsp3) is 0.158. The highest BCUT2D eigenvalue weighted by atomic mass is 127. The molecule has 0 bridgehead atoms. The molecule has 3 rings (SSSR count). The molecule has 0 fully saturated rings. The van der Waals surface area contributed by atoms with Gasteiger partial charge in [-0.2, -0.15) is 0 Å². The van der Waals surface area contributed by atoms with Gasteiger partial charge in [-0.05, 0) is 60.7 Å². The zero-order valence-electron chi connectivity index (χ0n) is 14.2. The summed E-state index contributed by atoms with van der Waals surface area (Å²) in [5.41, 5.74) is 3.14. The largest absolute Gasteiger partial charge is 0.316 e. The summed E-state index contributed by atoms with van der Waals surface area (Å²) < 4.78 is 4.14. The third kappa shape index (κ3) is 3.26. The molecule has 0 atom stereocenters. The Morgan fingerprint density at radius 2 is 1.76 bits per heavy atom. The number of carbonyl (C=O) groups is 1. The van der Waals surface area contributed by atoms with Crippen LogP contribution in [0, 0.1) is 17.4 Å². The van der Waals surface area contributed by atoms with Crippen molar-refractivity contribution < 1.29 is 4.79 Å². The summed E-state index contributed by atoms with van der Waals surface area (Å²) in [6.45, 7) is 3.79. The van der Waals surface area contributed by atoms with Gasteiger partial charge in [0.1, 0.15) is 5.69 Å². The van der Waals surface area contributed by atoms with E-state index in [4.69, 9.17) is 0 Å². The summed E-state index contributed by atoms with van der Waals surface area (Å²) in [6, 6.07) is 15.0. The second-order valence-corrected chi connectivity index (χ2v) is 7.04. The maximum Gasteiger partial charge on any atom is 0.295 e. The number of nitrogens with zero attached hydrogens (tertiary/aromatic N) is 2. The summed E-state index contributed by atoms with van der Waals surface area (Å²) >= 11 is 2.13. The summed E-state index contributed by atoms with van der Waals surface area (Å²) in [5.74, 6) is -0.282. The number of aryl methyl sites for hydroxylation is 1. The number of carbonyl (C=O) groups excluding carboxylic acids is 1. The Morgan fingerprint density at radius 3 is 2.40 bits per heavy atom. The van der Waals surface area contributed by atoms with Crippen molar-refractivity contribution in [1.82, 2.24) is 9.36 Å². The maximum atomic E-state index is 12.8. The van der Waals surface area contributed by atoms with E-state index in [0.29, 0.717) is 16.9 Å². The normalized spacial score (nSPS) is 10.7. The van der Waals surface area contributed by atoms with Gasteiger partial charge in [0, 0.05) is 10.6 Å². The van der Waals surface area contributed by atoms with Gasteiger partial charge in [-0.15, -0.1) is 0 Å². The number of halogens is 1. The van der Waals surface area contributed by atoms with Crippen LogP contribution in [0.4, 0.5) is 5.69 Å². The minimum absolute atomic E-state index is 0.248. The minimum atomic E-state index is -0.282. The van der Waals surface area contributed by atoms with E-state index >= 15 is 0 Å². The Hall–Kier alpha value is -2.35. The van der Waals surface area contributed by atoms with Gasteiger partial charge in [0.2, 0.25) is 0 Å². The van der Waals surface area contributed by atoms with Crippen molar-refractivity contribution in [3.8, 4) is 5.69 Å². The van der Waals surface area contributed by atoms with Crippen molar-refractivity contribution in [2.45, 2.75) is 13.8 Å². The highest BCUT2D eigenvalue weighted by Crippen LogP contribution is 2.18. The lowest BCUT2D eigenvalue weighted by Gasteiger charge is -2.07. The maximum absolute atomic E-state index is 12.8. The Morgan fingerprint density at radius 1 is 1.08 bits per heavy atom. The highest BCUT2D eigenvalue weighted by molar-refractivity contribution is 14.1. The van der Waals surface area contributed by atoms with Crippen molar-refractivity contribution in [2.24, 2.45) is 7.05 Å².